The van der Waals surface area contributed by atoms with E-state index in [-0.39, 0.29) is 0 Å². The van der Waals surface area contributed by atoms with E-state index in [1.54, 1.807) is 10.4 Å². The van der Waals surface area contributed by atoms with Gasteiger partial charge in [-0.15, -0.1) is 0 Å². The third-order valence-electron chi connectivity index (χ3n) is 3.94. The monoisotopic (exact) mass is 374 g/mol. The Hall–Kier alpha value is -0.430. The molecule has 1 N–H and O–H groups in total. The minimum absolute atomic E-state index is 0.375. The van der Waals surface area contributed by atoms with Gasteiger partial charge in [-0.1, -0.05) is 19.4 Å². The molecule has 1 aliphatic heterocycles. The molecule has 4 nitrogen and oxygen atoms in total. The van der Waals surface area contributed by atoms with E-state index in [0.29, 0.717) is 28.4 Å². The van der Waals surface area contributed by atoms with Crippen molar-refractivity contribution in [2.45, 2.75) is 37.6 Å². The van der Waals surface area contributed by atoms with Crippen molar-refractivity contribution in [2.24, 2.45) is 5.92 Å². The second kappa shape index (κ2) is 7.22. The lowest BCUT2D eigenvalue weighted by atomic mass is 10.0. The molecule has 0 aliphatic carbocycles. The zero-order chi connectivity index (χ0) is 15.5. The van der Waals surface area contributed by atoms with Gasteiger partial charge in [0.1, 0.15) is 0 Å². The van der Waals surface area contributed by atoms with E-state index in [1.165, 1.54) is 0 Å². The molecule has 0 radical (unpaired) electrons. The number of rotatable bonds is 6. The van der Waals surface area contributed by atoms with Gasteiger partial charge in [0.25, 0.3) is 0 Å². The summed E-state index contributed by atoms with van der Waals surface area (Å²) in [5.41, 5.74) is 1.06. The van der Waals surface area contributed by atoms with E-state index in [1.807, 2.05) is 19.2 Å². The van der Waals surface area contributed by atoms with E-state index < -0.39 is 10.0 Å². The molecule has 1 aromatic carbocycles. The van der Waals surface area contributed by atoms with E-state index in [0.717, 1.165) is 31.4 Å². The molecule has 1 saturated heterocycles. The largest absolute Gasteiger partial charge is 0.316 e. The van der Waals surface area contributed by atoms with E-state index in [9.17, 15) is 8.42 Å². The van der Waals surface area contributed by atoms with Crippen LogP contribution in [0.3, 0.4) is 0 Å². The van der Waals surface area contributed by atoms with Crippen LogP contribution in [0.2, 0.25) is 0 Å². The van der Waals surface area contributed by atoms with Gasteiger partial charge in [-0.25, -0.2) is 8.42 Å². The summed E-state index contributed by atoms with van der Waals surface area (Å²) in [6.07, 6.45) is 3.19. The predicted octanol–water partition coefficient (Wildman–Crippen LogP) is 2.98. The first-order valence-electron chi connectivity index (χ1n) is 7.42. The highest BCUT2D eigenvalue weighted by atomic mass is 79.9. The molecule has 2 rings (SSSR count). The van der Waals surface area contributed by atoms with Crippen LogP contribution in [0.1, 0.15) is 31.7 Å². The van der Waals surface area contributed by atoms with Crippen molar-refractivity contribution in [3.05, 3.63) is 28.2 Å². The topological polar surface area (TPSA) is 49.4 Å². The van der Waals surface area contributed by atoms with Crippen LogP contribution in [-0.4, -0.2) is 32.9 Å². The minimum Gasteiger partial charge on any atom is -0.316 e. The maximum absolute atomic E-state index is 12.8. The third-order valence-corrected chi connectivity index (χ3v) is 6.78. The van der Waals surface area contributed by atoms with E-state index in [2.05, 4.69) is 28.2 Å². The molecule has 1 aromatic rings. The molecule has 21 heavy (non-hydrogen) atoms. The summed E-state index contributed by atoms with van der Waals surface area (Å²) in [6, 6.07) is 5.45. The third kappa shape index (κ3) is 3.86. The van der Waals surface area contributed by atoms with Crippen molar-refractivity contribution in [1.82, 2.24) is 9.62 Å². The normalized spacial score (nSPS) is 20.0. The number of hydrogen-bond donors (Lipinski definition) is 1. The smallest absolute Gasteiger partial charge is 0.244 e. The lowest BCUT2D eigenvalue weighted by molar-refractivity contribution is 0.444. The van der Waals surface area contributed by atoms with Gasteiger partial charge in [0.2, 0.25) is 10.0 Å². The molecule has 0 bridgehead atoms. The molecule has 0 amide bonds. The van der Waals surface area contributed by atoms with Crippen molar-refractivity contribution in [3.63, 3.8) is 0 Å². The van der Waals surface area contributed by atoms with Crippen LogP contribution in [0.4, 0.5) is 0 Å². The van der Waals surface area contributed by atoms with Gasteiger partial charge in [-0.3, -0.25) is 0 Å². The second-order valence-corrected chi connectivity index (χ2v) is 8.36. The van der Waals surface area contributed by atoms with Gasteiger partial charge in [-0.05, 0) is 59.4 Å². The quantitative estimate of drug-likeness (QED) is 0.832. The van der Waals surface area contributed by atoms with Crippen LogP contribution >= 0.6 is 15.9 Å². The predicted molar refractivity (Wildman–Crippen MR) is 88.7 cm³/mol. The van der Waals surface area contributed by atoms with E-state index in [4.69, 9.17) is 0 Å². The first-order chi connectivity index (χ1) is 9.98. The summed E-state index contributed by atoms with van der Waals surface area (Å²) in [5, 5.41) is 3.06. The Balaban J connectivity index is 2.20. The first-order valence-corrected chi connectivity index (χ1v) is 9.65. The minimum atomic E-state index is -3.39. The Morgan fingerprint density at radius 3 is 2.81 bits per heavy atom. The standard InChI is InChI=1S/C15H23BrN2O2S/c1-3-4-12-7-8-18(11-12)21(19,20)15-6-5-13(10-17-2)9-14(15)16/h5-6,9,12,17H,3-4,7-8,10-11H2,1-2H3. The average Bonchev–Trinajstić information content (AvgIpc) is 2.89. The number of hydrogen-bond acceptors (Lipinski definition) is 3. The summed E-state index contributed by atoms with van der Waals surface area (Å²) in [7, 11) is -1.51. The summed E-state index contributed by atoms with van der Waals surface area (Å²) >= 11 is 3.41. The fraction of sp³-hybridized carbons (Fsp3) is 0.600. The lowest BCUT2D eigenvalue weighted by Crippen LogP contribution is -2.29. The van der Waals surface area contributed by atoms with Crippen LogP contribution in [-0.2, 0) is 16.6 Å². The van der Waals surface area contributed by atoms with Gasteiger partial charge in [0.05, 0.1) is 4.90 Å². The fourth-order valence-electron chi connectivity index (χ4n) is 2.87. The van der Waals surface area contributed by atoms with Crippen LogP contribution in [0.25, 0.3) is 0 Å². The van der Waals surface area contributed by atoms with Crippen molar-refractivity contribution >= 4 is 26.0 Å². The van der Waals surface area contributed by atoms with Crippen molar-refractivity contribution in [3.8, 4) is 0 Å². The van der Waals surface area contributed by atoms with Gasteiger partial charge in [-0.2, -0.15) is 4.31 Å². The molecule has 1 heterocycles. The molecule has 1 aliphatic rings. The summed E-state index contributed by atoms with van der Waals surface area (Å²) in [6.45, 7) is 4.16. The van der Waals surface area contributed by atoms with Crippen LogP contribution in [0.15, 0.2) is 27.6 Å². The summed E-state index contributed by atoms with van der Waals surface area (Å²) in [4.78, 5) is 0.375. The van der Waals surface area contributed by atoms with Crippen LogP contribution in [0.5, 0.6) is 0 Å². The fourth-order valence-corrected chi connectivity index (χ4v) is 5.48. The maximum Gasteiger partial charge on any atom is 0.244 e. The molecular formula is C15H23BrN2O2S. The second-order valence-electron chi connectivity index (χ2n) is 5.60. The average molecular weight is 375 g/mol. The van der Waals surface area contributed by atoms with E-state index >= 15 is 0 Å². The number of halogens is 1. The van der Waals surface area contributed by atoms with Crippen molar-refractivity contribution < 1.29 is 8.42 Å². The lowest BCUT2D eigenvalue weighted by Gasteiger charge is -2.18. The number of sulfonamides is 1. The highest BCUT2D eigenvalue weighted by molar-refractivity contribution is 9.10. The molecule has 1 unspecified atom stereocenters. The van der Waals surface area contributed by atoms with Crippen LogP contribution < -0.4 is 5.32 Å². The van der Waals surface area contributed by atoms with Gasteiger partial charge in [0.15, 0.2) is 0 Å². The molecule has 0 aromatic heterocycles. The molecule has 0 spiro atoms. The Morgan fingerprint density at radius 2 is 2.19 bits per heavy atom. The summed E-state index contributed by atoms with van der Waals surface area (Å²) < 4.78 is 27.8. The van der Waals surface area contributed by atoms with Crippen molar-refractivity contribution in [2.75, 3.05) is 20.1 Å². The zero-order valence-electron chi connectivity index (χ0n) is 12.6. The Kier molecular flexibility index (Phi) is 5.82. The first kappa shape index (κ1) is 16.9. The molecule has 118 valence electrons. The molecule has 6 heteroatoms. The highest BCUT2D eigenvalue weighted by Crippen LogP contribution is 2.31. The van der Waals surface area contributed by atoms with Gasteiger partial charge < -0.3 is 5.32 Å². The Morgan fingerprint density at radius 1 is 1.43 bits per heavy atom. The number of benzene rings is 1. The number of nitrogens with zero attached hydrogens (tertiary/aromatic N) is 1. The zero-order valence-corrected chi connectivity index (χ0v) is 15.0. The molecule has 1 atom stereocenters. The van der Waals surface area contributed by atoms with Gasteiger partial charge in [0, 0.05) is 24.1 Å². The highest BCUT2D eigenvalue weighted by Gasteiger charge is 2.33. The Bertz CT molecular complexity index is 589. The van der Waals surface area contributed by atoms with Crippen LogP contribution in [0, 0.1) is 5.92 Å². The molecular weight excluding hydrogens is 352 g/mol. The number of nitrogens with one attached hydrogen (secondary N) is 1. The van der Waals surface area contributed by atoms with Gasteiger partial charge >= 0.3 is 0 Å². The summed E-state index contributed by atoms with van der Waals surface area (Å²) in [5.74, 6) is 0.507. The molecule has 1 fully saturated rings. The SMILES string of the molecule is CCCC1CCN(S(=O)(=O)c2ccc(CNC)cc2Br)C1. The van der Waals surface area contributed by atoms with Crippen molar-refractivity contribution in [1.29, 1.82) is 0 Å². The molecule has 0 saturated carbocycles. The maximum atomic E-state index is 12.8. The Labute approximate surface area is 136 Å².